The molecule has 0 bridgehead atoms. The van der Waals surface area contributed by atoms with Crippen LogP contribution in [0.1, 0.15) is 21.6 Å². The molecule has 0 spiro atoms. The number of hydrogen-bond donors (Lipinski definition) is 0. The molecule has 2 aromatic rings. The predicted octanol–water partition coefficient (Wildman–Crippen LogP) is 2.50. The van der Waals surface area contributed by atoms with Gasteiger partial charge in [-0.05, 0) is 30.3 Å². The Bertz CT molecular complexity index is 581. The summed E-state index contributed by atoms with van der Waals surface area (Å²) in [6.07, 6.45) is 3.01. The van der Waals surface area contributed by atoms with Gasteiger partial charge in [0.2, 0.25) is 0 Å². The Hall–Kier alpha value is -2.36. The maximum atomic E-state index is 11.0. The van der Waals surface area contributed by atoms with E-state index in [9.17, 15) is 4.79 Å². The van der Waals surface area contributed by atoms with Crippen molar-refractivity contribution in [3.05, 3.63) is 53.3 Å². The SMILES string of the molecule is COc1ccc(OC)c(Cc2ncccc2C=O)c1. The topological polar surface area (TPSA) is 48.4 Å². The second-order valence-corrected chi connectivity index (χ2v) is 4.01. The van der Waals surface area contributed by atoms with Gasteiger partial charge in [0.05, 0.1) is 19.9 Å². The third kappa shape index (κ3) is 2.91. The summed E-state index contributed by atoms with van der Waals surface area (Å²) in [7, 11) is 3.23. The van der Waals surface area contributed by atoms with E-state index in [1.165, 1.54) is 0 Å². The van der Waals surface area contributed by atoms with E-state index in [4.69, 9.17) is 9.47 Å². The second kappa shape index (κ2) is 6.00. The number of pyridine rings is 1. The monoisotopic (exact) mass is 257 g/mol. The molecular formula is C15H15NO3. The first kappa shape index (κ1) is 13.1. The Morgan fingerprint density at radius 1 is 1.21 bits per heavy atom. The van der Waals surface area contributed by atoms with Crippen LogP contribution in [0.5, 0.6) is 11.5 Å². The van der Waals surface area contributed by atoms with E-state index in [0.717, 1.165) is 29.0 Å². The van der Waals surface area contributed by atoms with Crippen LogP contribution in [-0.4, -0.2) is 25.5 Å². The molecule has 0 unspecified atom stereocenters. The van der Waals surface area contributed by atoms with Crippen molar-refractivity contribution in [1.29, 1.82) is 0 Å². The zero-order valence-corrected chi connectivity index (χ0v) is 10.9. The molecule has 1 heterocycles. The second-order valence-electron chi connectivity index (χ2n) is 4.01. The molecule has 0 saturated carbocycles. The Morgan fingerprint density at radius 3 is 2.74 bits per heavy atom. The van der Waals surface area contributed by atoms with E-state index in [2.05, 4.69) is 4.98 Å². The molecule has 0 aliphatic rings. The van der Waals surface area contributed by atoms with Crippen molar-refractivity contribution >= 4 is 6.29 Å². The molecule has 0 N–H and O–H groups in total. The zero-order chi connectivity index (χ0) is 13.7. The van der Waals surface area contributed by atoms with Crippen LogP contribution in [0.25, 0.3) is 0 Å². The van der Waals surface area contributed by atoms with Crippen molar-refractivity contribution in [1.82, 2.24) is 4.98 Å². The number of carbonyl (C=O) groups is 1. The van der Waals surface area contributed by atoms with Crippen LogP contribution in [0.15, 0.2) is 36.5 Å². The normalized spacial score (nSPS) is 10.0. The Labute approximate surface area is 112 Å². The number of methoxy groups -OCH3 is 2. The minimum absolute atomic E-state index is 0.523. The lowest BCUT2D eigenvalue weighted by Crippen LogP contribution is -2.00. The summed E-state index contributed by atoms with van der Waals surface area (Å²) in [5.74, 6) is 1.50. The van der Waals surface area contributed by atoms with Crippen LogP contribution in [0.2, 0.25) is 0 Å². The minimum atomic E-state index is 0.523. The van der Waals surface area contributed by atoms with Gasteiger partial charge in [0.15, 0.2) is 6.29 Å². The lowest BCUT2D eigenvalue weighted by atomic mass is 10.0. The average molecular weight is 257 g/mol. The minimum Gasteiger partial charge on any atom is -0.497 e. The number of hydrogen-bond acceptors (Lipinski definition) is 4. The van der Waals surface area contributed by atoms with Gasteiger partial charge in [-0.2, -0.15) is 0 Å². The molecule has 4 nitrogen and oxygen atoms in total. The van der Waals surface area contributed by atoms with Gasteiger partial charge in [-0.1, -0.05) is 0 Å². The summed E-state index contributed by atoms with van der Waals surface area (Å²) in [5, 5.41) is 0. The van der Waals surface area contributed by atoms with Gasteiger partial charge in [-0.3, -0.25) is 9.78 Å². The molecular weight excluding hydrogens is 242 g/mol. The molecule has 0 aliphatic heterocycles. The van der Waals surface area contributed by atoms with E-state index >= 15 is 0 Å². The smallest absolute Gasteiger partial charge is 0.151 e. The molecule has 1 aromatic carbocycles. The fourth-order valence-corrected chi connectivity index (χ4v) is 1.91. The molecule has 0 aliphatic carbocycles. The fraction of sp³-hybridized carbons (Fsp3) is 0.200. The number of nitrogens with zero attached hydrogens (tertiary/aromatic N) is 1. The molecule has 0 radical (unpaired) electrons. The summed E-state index contributed by atoms with van der Waals surface area (Å²) in [5.41, 5.74) is 2.25. The van der Waals surface area contributed by atoms with E-state index in [-0.39, 0.29) is 0 Å². The molecule has 1 aromatic heterocycles. The van der Waals surface area contributed by atoms with Crippen LogP contribution in [-0.2, 0) is 6.42 Å². The van der Waals surface area contributed by atoms with Crippen molar-refractivity contribution < 1.29 is 14.3 Å². The quantitative estimate of drug-likeness (QED) is 0.772. The molecule has 0 atom stereocenters. The maximum Gasteiger partial charge on any atom is 0.151 e. The number of rotatable bonds is 5. The number of aldehydes is 1. The molecule has 0 fully saturated rings. The molecule has 2 rings (SSSR count). The maximum absolute atomic E-state index is 11.0. The third-order valence-corrected chi connectivity index (χ3v) is 2.90. The van der Waals surface area contributed by atoms with Crippen molar-refractivity contribution in [2.24, 2.45) is 0 Å². The van der Waals surface area contributed by atoms with Gasteiger partial charge < -0.3 is 9.47 Å². The highest BCUT2D eigenvalue weighted by atomic mass is 16.5. The van der Waals surface area contributed by atoms with E-state index in [0.29, 0.717) is 12.0 Å². The number of ether oxygens (including phenoxy) is 2. The van der Waals surface area contributed by atoms with Crippen molar-refractivity contribution in [3.8, 4) is 11.5 Å². The van der Waals surface area contributed by atoms with Gasteiger partial charge in [0.1, 0.15) is 11.5 Å². The van der Waals surface area contributed by atoms with Crippen LogP contribution in [0.4, 0.5) is 0 Å². The number of benzene rings is 1. The van der Waals surface area contributed by atoms with Crippen LogP contribution >= 0.6 is 0 Å². The molecule has 0 amide bonds. The van der Waals surface area contributed by atoms with E-state index < -0.39 is 0 Å². The molecule has 0 saturated heterocycles. The highest BCUT2D eigenvalue weighted by Crippen LogP contribution is 2.26. The van der Waals surface area contributed by atoms with Gasteiger partial charge >= 0.3 is 0 Å². The number of aromatic nitrogens is 1. The fourth-order valence-electron chi connectivity index (χ4n) is 1.91. The van der Waals surface area contributed by atoms with Crippen molar-refractivity contribution in [2.45, 2.75) is 6.42 Å². The summed E-state index contributed by atoms with van der Waals surface area (Å²) in [4.78, 5) is 15.2. The highest BCUT2D eigenvalue weighted by molar-refractivity contribution is 5.76. The Kier molecular flexibility index (Phi) is 4.13. The van der Waals surface area contributed by atoms with Crippen molar-refractivity contribution in [2.75, 3.05) is 14.2 Å². The predicted molar refractivity (Wildman–Crippen MR) is 72.0 cm³/mol. The zero-order valence-electron chi connectivity index (χ0n) is 10.9. The van der Waals surface area contributed by atoms with E-state index in [1.807, 2.05) is 18.2 Å². The lowest BCUT2D eigenvalue weighted by Gasteiger charge is -2.11. The van der Waals surface area contributed by atoms with Crippen LogP contribution in [0, 0.1) is 0 Å². The van der Waals surface area contributed by atoms with Gasteiger partial charge in [-0.25, -0.2) is 0 Å². The number of carbonyl (C=O) groups excluding carboxylic acids is 1. The third-order valence-electron chi connectivity index (χ3n) is 2.90. The standard InChI is InChI=1S/C15H15NO3/c1-18-13-5-6-15(19-2)12(8-13)9-14-11(10-17)4-3-7-16-14/h3-8,10H,9H2,1-2H3. The van der Waals surface area contributed by atoms with Gasteiger partial charge in [0, 0.05) is 23.7 Å². The largest absolute Gasteiger partial charge is 0.497 e. The molecule has 98 valence electrons. The first-order chi connectivity index (χ1) is 9.28. The highest BCUT2D eigenvalue weighted by Gasteiger charge is 2.09. The van der Waals surface area contributed by atoms with E-state index in [1.54, 1.807) is 32.5 Å². The Morgan fingerprint density at radius 2 is 2.05 bits per heavy atom. The first-order valence-electron chi connectivity index (χ1n) is 5.88. The van der Waals surface area contributed by atoms with Gasteiger partial charge in [-0.15, -0.1) is 0 Å². The summed E-state index contributed by atoms with van der Waals surface area (Å²) in [6, 6.07) is 9.07. The van der Waals surface area contributed by atoms with Crippen LogP contribution < -0.4 is 9.47 Å². The summed E-state index contributed by atoms with van der Waals surface area (Å²) in [6.45, 7) is 0. The Balaban J connectivity index is 2.38. The average Bonchev–Trinajstić information content (AvgIpc) is 2.47. The lowest BCUT2D eigenvalue weighted by molar-refractivity contribution is 0.112. The van der Waals surface area contributed by atoms with Crippen LogP contribution in [0.3, 0.4) is 0 Å². The first-order valence-corrected chi connectivity index (χ1v) is 5.88. The van der Waals surface area contributed by atoms with Crippen molar-refractivity contribution in [3.63, 3.8) is 0 Å². The van der Waals surface area contributed by atoms with Gasteiger partial charge in [0.25, 0.3) is 0 Å². The molecule has 19 heavy (non-hydrogen) atoms. The molecule has 4 heteroatoms. The summed E-state index contributed by atoms with van der Waals surface area (Å²) >= 11 is 0. The summed E-state index contributed by atoms with van der Waals surface area (Å²) < 4.78 is 10.5.